The molecule has 3 aromatic rings. The molecule has 0 bridgehead atoms. The van der Waals surface area contributed by atoms with E-state index >= 15 is 0 Å². The van der Waals surface area contributed by atoms with Gasteiger partial charge in [-0.05, 0) is 37.6 Å². The summed E-state index contributed by atoms with van der Waals surface area (Å²) >= 11 is 0. The van der Waals surface area contributed by atoms with Gasteiger partial charge in [0.1, 0.15) is 11.5 Å². The molecule has 1 amide bonds. The number of benzene rings is 2. The standard InChI is InChI=1S/C21H22N4O4/c1-4-11-25-21(28)16-8-6-5-7-15(16)19(24-25)20(27)23-22-13(2)17-12-14(29-3)9-10-18(17)26/h5-10,12,26H,4,11H2,1-3H3,(H,23,27)/b22-13+. The fourth-order valence-corrected chi connectivity index (χ4v) is 2.95. The maximum atomic E-state index is 12.8. The number of carbonyl (C=O) groups excluding carboxylic acids is 1. The summed E-state index contributed by atoms with van der Waals surface area (Å²) in [7, 11) is 1.52. The third kappa shape index (κ3) is 4.11. The summed E-state index contributed by atoms with van der Waals surface area (Å²) < 4.78 is 6.45. The van der Waals surface area contributed by atoms with Gasteiger partial charge in [-0.1, -0.05) is 25.1 Å². The zero-order valence-corrected chi connectivity index (χ0v) is 16.5. The average Bonchev–Trinajstić information content (AvgIpc) is 2.74. The Morgan fingerprint density at radius 3 is 2.66 bits per heavy atom. The van der Waals surface area contributed by atoms with E-state index in [4.69, 9.17) is 4.74 Å². The number of hydrogen-bond acceptors (Lipinski definition) is 6. The topological polar surface area (TPSA) is 106 Å². The summed E-state index contributed by atoms with van der Waals surface area (Å²) in [5.74, 6) is 0.0205. The first kappa shape index (κ1) is 20.1. The van der Waals surface area contributed by atoms with Crippen LogP contribution in [-0.4, -0.2) is 33.6 Å². The zero-order valence-electron chi connectivity index (χ0n) is 16.5. The van der Waals surface area contributed by atoms with Crippen LogP contribution in [0.2, 0.25) is 0 Å². The van der Waals surface area contributed by atoms with Crippen molar-refractivity contribution in [1.82, 2.24) is 15.2 Å². The molecule has 0 fully saturated rings. The fraction of sp³-hybridized carbons (Fsp3) is 0.238. The van der Waals surface area contributed by atoms with E-state index < -0.39 is 5.91 Å². The summed E-state index contributed by atoms with van der Waals surface area (Å²) in [5.41, 5.74) is 3.16. The van der Waals surface area contributed by atoms with Gasteiger partial charge in [-0.15, -0.1) is 0 Å². The molecule has 0 atom stereocenters. The molecule has 3 rings (SSSR count). The van der Waals surface area contributed by atoms with Crippen LogP contribution in [0.15, 0.2) is 52.4 Å². The van der Waals surface area contributed by atoms with Crippen LogP contribution in [0.25, 0.3) is 10.8 Å². The first-order chi connectivity index (χ1) is 14.0. The smallest absolute Gasteiger partial charge is 0.292 e. The van der Waals surface area contributed by atoms with Crippen LogP contribution < -0.4 is 15.7 Å². The molecule has 29 heavy (non-hydrogen) atoms. The van der Waals surface area contributed by atoms with Gasteiger partial charge in [0.05, 0.1) is 18.2 Å². The minimum Gasteiger partial charge on any atom is -0.507 e. The van der Waals surface area contributed by atoms with E-state index in [1.54, 1.807) is 43.3 Å². The number of hydrogen-bond donors (Lipinski definition) is 2. The largest absolute Gasteiger partial charge is 0.507 e. The van der Waals surface area contributed by atoms with Gasteiger partial charge in [-0.25, -0.2) is 10.1 Å². The monoisotopic (exact) mass is 394 g/mol. The number of carbonyl (C=O) groups is 1. The van der Waals surface area contributed by atoms with Crippen molar-refractivity contribution in [3.05, 3.63) is 64.1 Å². The SMILES string of the molecule is CCCn1nc(C(=O)N/N=C(\C)c2cc(OC)ccc2O)c2ccccc2c1=O. The van der Waals surface area contributed by atoms with Gasteiger partial charge in [0, 0.05) is 17.5 Å². The molecule has 2 N–H and O–H groups in total. The summed E-state index contributed by atoms with van der Waals surface area (Å²) in [4.78, 5) is 25.3. The number of phenols is 1. The van der Waals surface area contributed by atoms with Gasteiger partial charge in [-0.3, -0.25) is 9.59 Å². The highest BCUT2D eigenvalue weighted by Gasteiger charge is 2.16. The molecule has 0 aliphatic rings. The van der Waals surface area contributed by atoms with Crippen LogP contribution in [0.5, 0.6) is 11.5 Å². The number of aromatic nitrogens is 2. The first-order valence-electron chi connectivity index (χ1n) is 9.18. The molecule has 150 valence electrons. The Bertz CT molecular complexity index is 1150. The molecule has 1 heterocycles. The van der Waals surface area contributed by atoms with Gasteiger partial charge in [-0.2, -0.15) is 10.2 Å². The predicted octanol–water partition coefficient (Wildman–Crippen LogP) is 2.67. The number of amides is 1. The summed E-state index contributed by atoms with van der Waals surface area (Å²) in [5, 5.41) is 19.3. The first-order valence-corrected chi connectivity index (χ1v) is 9.18. The van der Waals surface area contributed by atoms with Gasteiger partial charge in [0.25, 0.3) is 11.5 Å². The average molecular weight is 394 g/mol. The van der Waals surface area contributed by atoms with Crippen LogP contribution in [-0.2, 0) is 6.54 Å². The highest BCUT2D eigenvalue weighted by atomic mass is 16.5. The van der Waals surface area contributed by atoms with Gasteiger partial charge in [0.2, 0.25) is 0 Å². The lowest BCUT2D eigenvalue weighted by molar-refractivity contribution is 0.0949. The van der Waals surface area contributed by atoms with Crippen molar-refractivity contribution in [3.8, 4) is 11.5 Å². The minimum absolute atomic E-state index is 0.0152. The number of nitrogens with one attached hydrogen (secondary N) is 1. The van der Waals surface area contributed by atoms with E-state index in [0.717, 1.165) is 0 Å². The van der Waals surface area contributed by atoms with Gasteiger partial charge >= 0.3 is 0 Å². The van der Waals surface area contributed by atoms with E-state index in [-0.39, 0.29) is 17.0 Å². The Labute approximate surface area is 167 Å². The van der Waals surface area contributed by atoms with Crippen molar-refractivity contribution in [2.45, 2.75) is 26.8 Å². The highest BCUT2D eigenvalue weighted by molar-refractivity contribution is 6.06. The lowest BCUT2D eigenvalue weighted by atomic mass is 10.1. The Morgan fingerprint density at radius 2 is 1.97 bits per heavy atom. The summed E-state index contributed by atoms with van der Waals surface area (Å²) in [6.07, 6.45) is 0.707. The molecule has 0 aliphatic carbocycles. The number of methoxy groups -OCH3 is 1. The Morgan fingerprint density at radius 1 is 1.24 bits per heavy atom. The number of phenolic OH excluding ortho intramolecular Hbond substituents is 1. The third-order valence-electron chi connectivity index (χ3n) is 4.44. The van der Waals surface area contributed by atoms with Crippen molar-refractivity contribution in [3.63, 3.8) is 0 Å². The normalized spacial score (nSPS) is 11.5. The molecule has 2 aromatic carbocycles. The lowest BCUT2D eigenvalue weighted by Crippen LogP contribution is -2.29. The van der Waals surface area contributed by atoms with Gasteiger partial charge < -0.3 is 9.84 Å². The van der Waals surface area contributed by atoms with Gasteiger partial charge in [0.15, 0.2) is 5.69 Å². The minimum atomic E-state index is -0.548. The predicted molar refractivity (Wildman–Crippen MR) is 111 cm³/mol. The lowest BCUT2D eigenvalue weighted by Gasteiger charge is -2.10. The Hall–Kier alpha value is -3.68. The number of nitrogens with zero attached hydrogens (tertiary/aromatic N) is 3. The Kier molecular flexibility index (Phi) is 5.92. The molecule has 0 unspecified atom stereocenters. The van der Waals surface area contributed by atoms with Crippen molar-refractivity contribution >= 4 is 22.4 Å². The second-order valence-corrected chi connectivity index (χ2v) is 6.44. The number of hydrazone groups is 1. The van der Waals surface area contributed by atoms with Crippen molar-refractivity contribution in [2.24, 2.45) is 5.10 Å². The maximum absolute atomic E-state index is 12.8. The summed E-state index contributed by atoms with van der Waals surface area (Å²) in [6.45, 7) is 3.99. The maximum Gasteiger partial charge on any atom is 0.292 e. The fourth-order valence-electron chi connectivity index (χ4n) is 2.95. The number of ether oxygens (including phenoxy) is 1. The molecule has 8 nitrogen and oxygen atoms in total. The Balaban J connectivity index is 1.97. The van der Waals surface area contributed by atoms with E-state index in [9.17, 15) is 14.7 Å². The molecule has 8 heteroatoms. The molecule has 0 aliphatic heterocycles. The zero-order chi connectivity index (χ0) is 21.0. The molecule has 0 spiro atoms. The molecule has 1 aromatic heterocycles. The quantitative estimate of drug-likeness (QED) is 0.494. The number of fused-ring (bicyclic) bond motifs is 1. The number of rotatable bonds is 6. The number of aromatic hydroxyl groups is 1. The highest BCUT2D eigenvalue weighted by Crippen LogP contribution is 2.23. The van der Waals surface area contributed by atoms with Crippen LogP contribution in [0, 0.1) is 0 Å². The van der Waals surface area contributed by atoms with Crippen molar-refractivity contribution in [2.75, 3.05) is 7.11 Å². The second-order valence-electron chi connectivity index (χ2n) is 6.44. The molecule has 0 saturated carbocycles. The van der Waals surface area contributed by atoms with Crippen LogP contribution in [0.3, 0.4) is 0 Å². The van der Waals surface area contributed by atoms with Crippen molar-refractivity contribution < 1.29 is 14.6 Å². The second kappa shape index (κ2) is 8.55. The molecular weight excluding hydrogens is 372 g/mol. The van der Waals surface area contributed by atoms with E-state index in [1.165, 1.54) is 17.9 Å². The third-order valence-corrected chi connectivity index (χ3v) is 4.44. The van der Waals surface area contributed by atoms with E-state index in [0.29, 0.717) is 40.8 Å². The summed E-state index contributed by atoms with van der Waals surface area (Å²) in [6, 6.07) is 11.6. The molecular formula is C21H22N4O4. The van der Waals surface area contributed by atoms with E-state index in [1.807, 2.05) is 6.92 Å². The number of aryl methyl sites for hydroxylation is 1. The van der Waals surface area contributed by atoms with Crippen LogP contribution >= 0.6 is 0 Å². The van der Waals surface area contributed by atoms with Crippen molar-refractivity contribution in [1.29, 1.82) is 0 Å². The molecule has 0 radical (unpaired) electrons. The van der Waals surface area contributed by atoms with E-state index in [2.05, 4.69) is 15.6 Å². The molecule has 0 saturated heterocycles. The van der Waals surface area contributed by atoms with Crippen LogP contribution in [0.1, 0.15) is 36.3 Å². The van der Waals surface area contributed by atoms with Crippen LogP contribution in [0.4, 0.5) is 0 Å².